The number of benzene rings is 1. The van der Waals surface area contributed by atoms with Crippen molar-refractivity contribution in [2.45, 2.75) is 25.9 Å². The Morgan fingerprint density at radius 1 is 1.12 bits per heavy atom. The Labute approximate surface area is 148 Å². The van der Waals surface area contributed by atoms with Gasteiger partial charge in [-0.1, -0.05) is 24.3 Å². The van der Waals surface area contributed by atoms with Crippen LogP contribution in [0.4, 0.5) is 0 Å². The van der Waals surface area contributed by atoms with E-state index in [2.05, 4.69) is 57.9 Å². The van der Waals surface area contributed by atoms with Crippen molar-refractivity contribution >= 4 is 10.9 Å². The zero-order chi connectivity index (χ0) is 17.2. The second-order valence-corrected chi connectivity index (χ2v) is 6.96. The summed E-state index contributed by atoms with van der Waals surface area (Å²) in [4.78, 5) is 6.99. The van der Waals surface area contributed by atoms with E-state index in [9.17, 15) is 5.11 Å². The standard InChI is InChI=1S/C21H25N3O/c1-2-24-13-16(18-7-3-4-9-21(18)24)11-23-12-17(15-25)19(14-23)20-8-5-6-10-22-20/h3-10,13,17,19,25H,2,11-12,14-15H2,1H3/t17-,19+/m0/s1. The first kappa shape index (κ1) is 16.3. The molecule has 4 rings (SSSR count). The van der Waals surface area contributed by atoms with Gasteiger partial charge in [0.2, 0.25) is 0 Å². The van der Waals surface area contributed by atoms with Crippen molar-refractivity contribution in [3.05, 3.63) is 66.1 Å². The van der Waals surface area contributed by atoms with Crippen LogP contribution in [0.25, 0.3) is 10.9 Å². The van der Waals surface area contributed by atoms with Crippen LogP contribution in [0.1, 0.15) is 24.1 Å². The topological polar surface area (TPSA) is 41.3 Å². The summed E-state index contributed by atoms with van der Waals surface area (Å²) in [5.74, 6) is 0.570. The highest BCUT2D eigenvalue weighted by molar-refractivity contribution is 5.83. The predicted octanol–water partition coefficient (Wildman–Crippen LogP) is 3.26. The van der Waals surface area contributed by atoms with Gasteiger partial charge >= 0.3 is 0 Å². The van der Waals surface area contributed by atoms with Crippen molar-refractivity contribution < 1.29 is 5.11 Å². The largest absolute Gasteiger partial charge is 0.396 e. The van der Waals surface area contributed by atoms with E-state index in [1.54, 1.807) is 0 Å². The number of rotatable bonds is 5. The van der Waals surface area contributed by atoms with E-state index in [0.717, 1.165) is 31.9 Å². The molecule has 1 fully saturated rings. The number of hydrogen-bond acceptors (Lipinski definition) is 3. The Morgan fingerprint density at radius 2 is 1.96 bits per heavy atom. The maximum atomic E-state index is 9.84. The molecule has 2 aromatic heterocycles. The first-order chi connectivity index (χ1) is 12.3. The highest BCUT2D eigenvalue weighted by Crippen LogP contribution is 2.33. The van der Waals surface area contributed by atoms with Crippen LogP contribution in [-0.2, 0) is 13.1 Å². The van der Waals surface area contributed by atoms with Gasteiger partial charge in [0.05, 0.1) is 0 Å². The van der Waals surface area contributed by atoms with Crippen molar-refractivity contribution in [2.24, 2.45) is 5.92 Å². The number of likely N-dealkylation sites (tertiary alicyclic amines) is 1. The zero-order valence-corrected chi connectivity index (χ0v) is 14.7. The van der Waals surface area contributed by atoms with Gasteiger partial charge in [0.1, 0.15) is 0 Å². The van der Waals surface area contributed by atoms with Gasteiger partial charge in [0, 0.05) is 73.6 Å². The van der Waals surface area contributed by atoms with Gasteiger partial charge in [-0.15, -0.1) is 0 Å². The highest BCUT2D eigenvalue weighted by atomic mass is 16.3. The molecule has 130 valence electrons. The third kappa shape index (κ3) is 3.08. The number of aromatic nitrogens is 2. The van der Waals surface area contributed by atoms with E-state index < -0.39 is 0 Å². The minimum absolute atomic E-state index is 0.217. The van der Waals surface area contributed by atoms with Gasteiger partial charge in [-0.2, -0.15) is 0 Å². The van der Waals surface area contributed by atoms with Crippen LogP contribution in [0.15, 0.2) is 54.9 Å². The summed E-state index contributed by atoms with van der Waals surface area (Å²) in [5, 5.41) is 11.2. The van der Waals surface area contributed by atoms with E-state index in [1.807, 2.05) is 18.3 Å². The monoisotopic (exact) mass is 335 g/mol. The minimum atomic E-state index is 0.217. The molecule has 4 nitrogen and oxygen atoms in total. The fourth-order valence-corrected chi connectivity index (χ4v) is 4.16. The zero-order valence-electron chi connectivity index (χ0n) is 14.7. The maximum absolute atomic E-state index is 9.84. The molecule has 3 aromatic rings. The van der Waals surface area contributed by atoms with Crippen LogP contribution in [0.5, 0.6) is 0 Å². The number of aliphatic hydroxyl groups is 1. The molecule has 1 aliphatic rings. The summed E-state index contributed by atoms with van der Waals surface area (Å²) < 4.78 is 2.32. The van der Waals surface area contributed by atoms with Crippen molar-refractivity contribution in [1.82, 2.24) is 14.5 Å². The molecule has 1 N–H and O–H groups in total. The third-order valence-electron chi connectivity index (χ3n) is 5.42. The summed E-state index contributed by atoms with van der Waals surface area (Å²) in [6, 6.07) is 14.7. The first-order valence-corrected chi connectivity index (χ1v) is 9.11. The maximum Gasteiger partial charge on any atom is 0.0483 e. The molecular formula is C21H25N3O. The van der Waals surface area contributed by atoms with E-state index in [1.165, 1.54) is 16.5 Å². The van der Waals surface area contributed by atoms with Gasteiger partial charge in [0.25, 0.3) is 0 Å². The van der Waals surface area contributed by atoms with Gasteiger partial charge in [-0.05, 0) is 30.7 Å². The van der Waals surface area contributed by atoms with Crippen molar-refractivity contribution in [3.63, 3.8) is 0 Å². The number of aliphatic hydroxyl groups excluding tert-OH is 1. The summed E-state index contributed by atoms with van der Waals surface area (Å²) in [6.45, 7) is 6.18. The van der Waals surface area contributed by atoms with Crippen LogP contribution in [-0.4, -0.2) is 39.3 Å². The van der Waals surface area contributed by atoms with E-state index in [0.29, 0.717) is 5.92 Å². The summed E-state index contributed by atoms with van der Waals surface area (Å²) >= 11 is 0. The third-order valence-corrected chi connectivity index (χ3v) is 5.42. The van der Waals surface area contributed by atoms with Crippen molar-refractivity contribution in [2.75, 3.05) is 19.7 Å². The number of pyridine rings is 1. The second kappa shape index (κ2) is 6.98. The number of aryl methyl sites for hydroxylation is 1. The molecule has 0 unspecified atom stereocenters. The predicted molar refractivity (Wildman–Crippen MR) is 100 cm³/mol. The van der Waals surface area contributed by atoms with E-state index in [-0.39, 0.29) is 12.5 Å². The molecule has 0 radical (unpaired) electrons. The normalized spacial score (nSPS) is 21.2. The number of nitrogens with zero attached hydrogens (tertiary/aromatic N) is 3. The Kier molecular flexibility index (Phi) is 4.55. The molecule has 25 heavy (non-hydrogen) atoms. The summed E-state index contributed by atoms with van der Waals surface area (Å²) in [5.41, 5.74) is 3.77. The first-order valence-electron chi connectivity index (χ1n) is 9.11. The summed E-state index contributed by atoms with van der Waals surface area (Å²) in [6.07, 6.45) is 4.13. The second-order valence-electron chi connectivity index (χ2n) is 6.96. The summed E-state index contributed by atoms with van der Waals surface area (Å²) in [7, 11) is 0. The molecule has 3 heterocycles. The Balaban J connectivity index is 1.58. The quantitative estimate of drug-likeness (QED) is 0.778. The molecule has 1 aliphatic heterocycles. The number of para-hydroxylation sites is 1. The molecule has 4 heteroatoms. The molecule has 1 saturated heterocycles. The lowest BCUT2D eigenvalue weighted by molar-refractivity contribution is 0.213. The number of fused-ring (bicyclic) bond motifs is 1. The molecule has 0 bridgehead atoms. The molecule has 0 saturated carbocycles. The Hall–Kier alpha value is -2.17. The minimum Gasteiger partial charge on any atom is -0.396 e. The van der Waals surface area contributed by atoms with Gasteiger partial charge in [-0.25, -0.2) is 0 Å². The average Bonchev–Trinajstić information content (AvgIpc) is 3.24. The Bertz CT molecular complexity index is 843. The highest BCUT2D eigenvalue weighted by Gasteiger charge is 2.34. The average molecular weight is 335 g/mol. The lowest BCUT2D eigenvalue weighted by atomic mass is 9.93. The molecular weight excluding hydrogens is 310 g/mol. The lowest BCUT2D eigenvalue weighted by Crippen LogP contribution is -2.20. The van der Waals surface area contributed by atoms with Crippen LogP contribution in [0.2, 0.25) is 0 Å². The van der Waals surface area contributed by atoms with E-state index >= 15 is 0 Å². The fourth-order valence-electron chi connectivity index (χ4n) is 4.16. The van der Waals surface area contributed by atoms with Crippen molar-refractivity contribution in [3.8, 4) is 0 Å². The van der Waals surface area contributed by atoms with Gasteiger partial charge in [-0.3, -0.25) is 9.88 Å². The Morgan fingerprint density at radius 3 is 2.72 bits per heavy atom. The van der Waals surface area contributed by atoms with E-state index in [4.69, 9.17) is 0 Å². The fraction of sp³-hybridized carbons (Fsp3) is 0.381. The van der Waals surface area contributed by atoms with Crippen LogP contribution < -0.4 is 0 Å². The smallest absolute Gasteiger partial charge is 0.0483 e. The molecule has 0 amide bonds. The van der Waals surface area contributed by atoms with Gasteiger partial charge in [0.15, 0.2) is 0 Å². The molecule has 2 atom stereocenters. The molecule has 0 spiro atoms. The lowest BCUT2D eigenvalue weighted by Gasteiger charge is -2.15. The molecule has 0 aliphatic carbocycles. The van der Waals surface area contributed by atoms with Crippen LogP contribution >= 0.6 is 0 Å². The SMILES string of the molecule is CCn1cc(CN2C[C@@H](CO)[C@H](c3ccccn3)C2)c2ccccc21. The van der Waals surface area contributed by atoms with Gasteiger partial charge < -0.3 is 9.67 Å². The van der Waals surface area contributed by atoms with Crippen molar-refractivity contribution in [1.29, 1.82) is 0 Å². The molecule has 1 aromatic carbocycles. The number of hydrogen-bond donors (Lipinski definition) is 1. The van der Waals surface area contributed by atoms with Crippen LogP contribution in [0.3, 0.4) is 0 Å². The van der Waals surface area contributed by atoms with Crippen LogP contribution in [0, 0.1) is 5.92 Å².